The normalized spacial score (nSPS) is 10.6. The molecule has 4 rings (SSSR count). The van der Waals surface area contributed by atoms with E-state index in [9.17, 15) is 4.79 Å². The van der Waals surface area contributed by atoms with Gasteiger partial charge in [0.05, 0.1) is 22.8 Å². The third-order valence-electron chi connectivity index (χ3n) is 4.51. The molecule has 0 saturated heterocycles. The fourth-order valence-corrected chi connectivity index (χ4v) is 3.51. The van der Waals surface area contributed by atoms with Gasteiger partial charge < -0.3 is 14.8 Å². The number of hydrogen-bond donors (Lipinski definition) is 1. The molecule has 0 spiro atoms. The molecule has 4 aromatic rings. The van der Waals surface area contributed by atoms with E-state index in [1.54, 1.807) is 43.3 Å². The van der Waals surface area contributed by atoms with Gasteiger partial charge in [-0.25, -0.2) is 9.67 Å². The van der Waals surface area contributed by atoms with Gasteiger partial charge in [-0.1, -0.05) is 41.4 Å². The summed E-state index contributed by atoms with van der Waals surface area (Å²) in [6, 6.07) is 19.6. The van der Waals surface area contributed by atoms with E-state index in [0.717, 1.165) is 5.75 Å². The molecule has 162 valence electrons. The van der Waals surface area contributed by atoms with Gasteiger partial charge in [0.2, 0.25) is 5.82 Å². The Bertz CT molecular complexity index is 1260. The van der Waals surface area contributed by atoms with Crippen LogP contribution in [0.5, 0.6) is 17.2 Å². The Hall–Kier alpha value is -3.55. The Balaban J connectivity index is 1.50. The lowest BCUT2D eigenvalue weighted by molar-refractivity contribution is 0.101. The summed E-state index contributed by atoms with van der Waals surface area (Å²) in [4.78, 5) is 16.9. The van der Waals surface area contributed by atoms with Crippen molar-refractivity contribution >= 4 is 34.8 Å². The van der Waals surface area contributed by atoms with Gasteiger partial charge in [0.15, 0.2) is 0 Å². The zero-order valence-electron chi connectivity index (χ0n) is 17.2. The molecule has 9 heteroatoms. The van der Waals surface area contributed by atoms with Crippen LogP contribution in [0.2, 0.25) is 10.0 Å². The molecule has 7 nitrogen and oxygen atoms in total. The number of para-hydroxylation sites is 1. The van der Waals surface area contributed by atoms with Crippen molar-refractivity contribution in [1.82, 2.24) is 14.8 Å². The van der Waals surface area contributed by atoms with Gasteiger partial charge in [0.1, 0.15) is 23.1 Å². The summed E-state index contributed by atoms with van der Waals surface area (Å²) >= 11 is 12.4. The predicted octanol–water partition coefficient (Wildman–Crippen LogP) is 5.94. The Labute approximate surface area is 194 Å². The average molecular weight is 469 g/mol. The average Bonchev–Trinajstić information content (AvgIpc) is 3.17. The number of carbonyl (C=O) groups is 1. The first-order valence-electron chi connectivity index (χ1n) is 9.56. The molecule has 1 amide bonds. The van der Waals surface area contributed by atoms with Crippen LogP contribution in [-0.4, -0.2) is 27.8 Å². The van der Waals surface area contributed by atoms with Crippen LogP contribution in [0.1, 0.15) is 16.4 Å². The maximum Gasteiger partial charge on any atom is 0.295 e. The molecule has 0 unspecified atom stereocenters. The van der Waals surface area contributed by atoms with Crippen molar-refractivity contribution in [1.29, 1.82) is 0 Å². The van der Waals surface area contributed by atoms with E-state index in [1.807, 2.05) is 30.3 Å². The minimum absolute atomic E-state index is 0.00269. The van der Waals surface area contributed by atoms with Gasteiger partial charge in [0, 0.05) is 11.8 Å². The van der Waals surface area contributed by atoms with Crippen LogP contribution in [0.4, 0.5) is 5.69 Å². The molecule has 0 atom stereocenters. The van der Waals surface area contributed by atoms with Gasteiger partial charge in [-0.2, -0.15) is 0 Å². The number of amides is 1. The first-order valence-corrected chi connectivity index (χ1v) is 10.3. The van der Waals surface area contributed by atoms with E-state index in [2.05, 4.69) is 15.4 Å². The van der Waals surface area contributed by atoms with Gasteiger partial charge in [-0.05, 0) is 49.4 Å². The van der Waals surface area contributed by atoms with Crippen molar-refractivity contribution in [2.24, 2.45) is 0 Å². The molecular formula is C23H18Cl2N4O3. The van der Waals surface area contributed by atoms with Gasteiger partial charge >= 0.3 is 0 Å². The van der Waals surface area contributed by atoms with Crippen molar-refractivity contribution in [3.63, 3.8) is 0 Å². The second-order valence-corrected chi connectivity index (χ2v) is 7.54. The first-order chi connectivity index (χ1) is 15.4. The van der Waals surface area contributed by atoms with E-state index in [0.29, 0.717) is 38.7 Å². The quantitative estimate of drug-likeness (QED) is 0.379. The number of nitrogens with zero attached hydrogens (tertiary/aromatic N) is 3. The number of aromatic nitrogens is 3. The fourth-order valence-electron chi connectivity index (χ4n) is 2.97. The maximum absolute atomic E-state index is 12.7. The summed E-state index contributed by atoms with van der Waals surface area (Å²) in [5.41, 5.74) is 1.08. The minimum atomic E-state index is -0.458. The van der Waals surface area contributed by atoms with Crippen molar-refractivity contribution in [3.05, 3.63) is 88.4 Å². The molecule has 3 aromatic carbocycles. The summed E-state index contributed by atoms with van der Waals surface area (Å²) in [6.07, 6.45) is 0. The van der Waals surface area contributed by atoms with Crippen LogP contribution in [0.15, 0.2) is 66.7 Å². The number of rotatable bonds is 6. The molecule has 0 aliphatic carbocycles. The van der Waals surface area contributed by atoms with Gasteiger partial charge in [-0.15, -0.1) is 5.10 Å². The number of carbonyl (C=O) groups excluding carboxylic acids is 1. The van der Waals surface area contributed by atoms with E-state index in [1.165, 1.54) is 11.8 Å². The summed E-state index contributed by atoms with van der Waals surface area (Å²) < 4.78 is 12.5. The SMILES string of the molecule is COc1cc(-n2nc(C(=O)Nc3ccc(Oc4ccccc4)cc3)nc2C)c(Cl)cc1Cl. The molecular weight excluding hydrogens is 451 g/mol. The van der Waals surface area contributed by atoms with Crippen LogP contribution in [-0.2, 0) is 0 Å². The van der Waals surface area contributed by atoms with Crippen LogP contribution in [0.25, 0.3) is 5.69 Å². The Kier molecular flexibility index (Phi) is 6.30. The number of benzene rings is 3. The number of halogens is 2. The molecule has 0 fully saturated rings. The smallest absolute Gasteiger partial charge is 0.295 e. The number of hydrogen-bond acceptors (Lipinski definition) is 5. The van der Waals surface area contributed by atoms with Gasteiger partial charge in [0.25, 0.3) is 5.91 Å². The standard InChI is InChI=1S/C23H18Cl2N4O3/c1-14-26-22(28-29(14)20-13-21(31-2)19(25)12-18(20)24)23(30)27-15-8-10-17(11-9-15)32-16-6-4-3-5-7-16/h3-13H,1-2H3,(H,27,30). The van der Waals surface area contributed by atoms with E-state index in [-0.39, 0.29) is 5.82 Å². The number of ether oxygens (including phenoxy) is 2. The van der Waals surface area contributed by atoms with Crippen LogP contribution >= 0.6 is 23.2 Å². The fraction of sp³-hybridized carbons (Fsp3) is 0.0870. The molecule has 0 bridgehead atoms. The lowest BCUT2D eigenvalue weighted by atomic mass is 10.3. The molecule has 1 aromatic heterocycles. The summed E-state index contributed by atoms with van der Waals surface area (Å²) in [6.45, 7) is 1.72. The topological polar surface area (TPSA) is 78.3 Å². The van der Waals surface area contributed by atoms with Crippen LogP contribution in [0.3, 0.4) is 0 Å². The van der Waals surface area contributed by atoms with Crippen molar-refractivity contribution < 1.29 is 14.3 Å². The summed E-state index contributed by atoms with van der Waals surface area (Å²) in [5, 5.41) is 7.80. The molecule has 1 heterocycles. The molecule has 32 heavy (non-hydrogen) atoms. The third-order valence-corrected chi connectivity index (χ3v) is 5.11. The first kappa shape index (κ1) is 21.7. The second kappa shape index (κ2) is 9.30. The Morgan fingerprint density at radius 3 is 2.34 bits per heavy atom. The number of aryl methyl sites for hydroxylation is 1. The highest BCUT2D eigenvalue weighted by Crippen LogP contribution is 2.33. The van der Waals surface area contributed by atoms with E-state index >= 15 is 0 Å². The molecule has 0 radical (unpaired) electrons. The zero-order chi connectivity index (χ0) is 22.7. The third kappa shape index (κ3) is 4.69. The second-order valence-electron chi connectivity index (χ2n) is 6.73. The molecule has 0 saturated carbocycles. The number of nitrogens with one attached hydrogen (secondary N) is 1. The molecule has 1 N–H and O–H groups in total. The zero-order valence-corrected chi connectivity index (χ0v) is 18.7. The number of anilines is 1. The molecule has 0 aliphatic heterocycles. The predicted molar refractivity (Wildman–Crippen MR) is 124 cm³/mol. The van der Waals surface area contributed by atoms with E-state index < -0.39 is 5.91 Å². The monoisotopic (exact) mass is 468 g/mol. The lowest BCUT2D eigenvalue weighted by Gasteiger charge is -2.09. The lowest BCUT2D eigenvalue weighted by Crippen LogP contribution is -2.14. The van der Waals surface area contributed by atoms with Crippen molar-refractivity contribution in [3.8, 4) is 22.9 Å². The van der Waals surface area contributed by atoms with Gasteiger partial charge in [-0.3, -0.25) is 4.79 Å². The van der Waals surface area contributed by atoms with Crippen LogP contribution < -0.4 is 14.8 Å². The highest BCUT2D eigenvalue weighted by molar-refractivity contribution is 6.36. The van der Waals surface area contributed by atoms with Crippen molar-refractivity contribution in [2.45, 2.75) is 6.92 Å². The highest BCUT2D eigenvalue weighted by Gasteiger charge is 2.18. The highest BCUT2D eigenvalue weighted by atomic mass is 35.5. The largest absolute Gasteiger partial charge is 0.495 e. The van der Waals surface area contributed by atoms with Crippen LogP contribution in [0, 0.1) is 6.92 Å². The molecule has 0 aliphatic rings. The summed E-state index contributed by atoms with van der Waals surface area (Å²) in [5.74, 6) is 1.83. The number of methoxy groups -OCH3 is 1. The maximum atomic E-state index is 12.7. The van der Waals surface area contributed by atoms with E-state index in [4.69, 9.17) is 32.7 Å². The minimum Gasteiger partial charge on any atom is -0.495 e. The Morgan fingerprint density at radius 1 is 0.969 bits per heavy atom. The Morgan fingerprint density at radius 2 is 1.66 bits per heavy atom. The summed E-state index contributed by atoms with van der Waals surface area (Å²) in [7, 11) is 1.50. The van der Waals surface area contributed by atoms with Crippen molar-refractivity contribution in [2.75, 3.05) is 12.4 Å².